The molecule has 0 amide bonds. The molecule has 176 valence electrons. The number of nitrogens with zero attached hydrogens (tertiary/aromatic N) is 3. The third-order valence-electron chi connectivity index (χ3n) is 6.31. The predicted octanol–water partition coefficient (Wildman–Crippen LogP) is 2.04. The van der Waals surface area contributed by atoms with Crippen LogP contribution in [-0.4, -0.2) is 78.9 Å². The van der Waals surface area contributed by atoms with Crippen LogP contribution in [0.1, 0.15) is 31.2 Å². The van der Waals surface area contributed by atoms with Gasteiger partial charge in [-0.15, -0.1) is 0 Å². The number of aliphatic hydroxyl groups excluding tert-OH is 1. The summed E-state index contributed by atoms with van der Waals surface area (Å²) in [5, 5.41) is 24.5. The summed E-state index contributed by atoms with van der Waals surface area (Å²) < 4.78 is 11.8. The molecule has 1 aliphatic carbocycles. The zero-order chi connectivity index (χ0) is 22.8. The molecule has 9 heteroatoms. The van der Waals surface area contributed by atoms with E-state index in [1.807, 2.05) is 24.3 Å². The van der Waals surface area contributed by atoms with Crippen molar-refractivity contribution in [3.8, 4) is 17.1 Å². The highest BCUT2D eigenvalue weighted by Gasteiger charge is 2.36. The van der Waals surface area contributed by atoms with Gasteiger partial charge in [0.05, 0.1) is 17.8 Å². The number of anilines is 2. The standard InChI is InChI=1S/C24H32N6O3/c1-26-11-17(31)14-32-18-4-2-3-15(9-18)22-28-23(27-16-5-6-16)21(10-25)24(29-22)30-12-19-7-8-20(13-30)33-19/h2-4,9-10,16-17,19-20,25-26,31H,5-8,11-14H2,1H3,(H,27,28,29). The van der Waals surface area contributed by atoms with E-state index in [0.29, 0.717) is 30.0 Å². The van der Waals surface area contributed by atoms with Gasteiger partial charge in [-0.2, -0.15) is 0 Å². The molecule has 2 saturated heterocycles. The van der Waals surface area contributed by atoms with Gasteiger partial charge in [-0.05, 0) is 44.9 Å². The van der Waals surface area contributed by atoms with Gasteiger partial charge in [-0.3, -0.25) is 0 Å². The van der Waals surface area contributed by atoms with Crippen molar-refractivity contribution in [3.63, 3.8) is 0 Å². The van der Waals surface area contributed by atoms with Gasteiger partial charge in [-0.25, -0.2) is 9.97 Å². The fourth-order valence-corrected chi connectivity index (χ4v) is 4.49. The van der Waals surface area contributed by atoms with Crippen molar-refractivity contribution >= 4 is 17.9 Å². The van der Waals surface area contributed by atoms with Crippen LogP contribution >= 0.6 is 0 Å². The molecular formula is C24H32N6O3. The van der Waals surface area contributed by atoms with Gasteiger partial charge < -0.3 is 35.5 Å². The summed E-state index contributed by atoms with van der Waals surface area (Å²) in [5.74, 6) is 2.75. The van der Waals surface area contributed by atoms with Crippen LogP contribution in [0.25, 0.3) is 11.4 Å². The SMILES string of the molecule is CNCC(O)COc1cccc(-c2nc(NC3CC3)c(C=N)c(N3CC4CCC(C3)O4)n2)c1. The van der Waals surface area contributed by atoms with Crippen LogP contribution < -0.4 is 20.3 Å². The first kappa shape index (κ1) is 22.1. The van der Waals surface area contributed by atoms with E-state index in [9.17, 15) is 5.11 Å². The lowest BCUT2D eigenvalue weighted by molar-refractivity contribution is 0.0302. The summed E-state index contributed by atoms with van der Waals surface area (Å²) in [6.45, 7) is 2.23. The molecule has 5 rings (SSSR count). The molecule has 2 aliphatic heterocycles. The second-order valence-corrected chi connectivity index (χ2v) is 9.11. The molecule has 1 saturated carbocycles. The number of ether oxygens (including phenoxy) is 2. The minimum absolute atomic E-state index is 0.203. The lowest BCUT2D eigenvalue weighted by Gasteiger charge is -2.34. The molecular weight excluding hydrogens is 420 g/mol. The number of benzene rings is 1. The highest BCUT2D eigenvalue weighted by molar-refractivity contribution is 5.92. The predicted molar refractivity (Wildman–Crippen MR) is 128 cm³/mol. The molecule has 3 unspecified atom stereocenters. The maximum Gasteiger partial charge on any atom is 0.164 e. The first-order chi connectivity index (χ1) is 16.1. The van der Waals surface area contributed by atoms with Crippen LogP contribution in [0.2, 0.25) is 0 Å². The number of rotatable bonds is 10. The monoisotopic (exact) mass is 452 g/mol. The fraction of sp³-hybridized carbons (Fsp3) is 0.542. The Balaban J connectivity index is 1.47. The average Bonchev–Trinajstić information content (AvgIpc) is 3.59. The molecule has 9 nitrogen and oxygen atoms in total. The van der Waals surface area contributed by atoms with E-state index in [0.717, 1.165) is 55.7 Å². The van der Waals surface area contributed by atoms with Crippen LogP contribution in [0.5, 0.6) is 5.75 Å². The molecule has 3 aliphatic rings. The van der Waals surface area contributed by atoms with E-state index in [1.54, 1.807) is 7.05 Å². The largest absolute Gasteiger partial charge is 0.491 e. The summed E-state index contributed by atoms with van der Waals surface area (Å²) in [7, 11) is 1.80. The van der Waals surface area contributed by atoms with E-state index in [4.69, 9.17) is 24.9 Å². The topological polar surface area (TPSA) is 116 Å². The third-order valence-corrected chi connectivity index (χ3v) is 6.31. The van der Waals surface area contributed by atoms with Gasteiger partial charge in [0.15, 0.2) is 5.82 Å². The Morgan fingerprint density at radius 1 is 1.24 bits per heavy atom. The Kier molecular flexibility index (Phi) is 6.43. The van der Waals surface area contributed by atoms with Gasteiger partial charge in [-0.1, -0.05) is 12.1 Å². The average molecular weight is 453 g/mol. The Labute approximate surface area is 194 Å². The van der Waals surface area contributed by atoms with Crippen molar-refractivity contribution in [3.05, 3.63) is 29.8 Å². The van der Waals surface area contributed by atoms with Crippen molar-refractivity contribution in [2.24, 2.45) is 0 Å². The molecule has 3 fully saturated rings. The zero-order valence-corrected chi connectivity index (χ0v) is 19.0. The van der Waals surface area contributed by atoms with Crippen LogP contribution in [-0.2, 0) is 4.74 Å². The minimum atomic E-state index is -0.584. The van der Waals surface area contributed by atoms with Gasteiger partial charge in [0.1, 0.15) is 30.1 Å². The number of hydrogen-bond donors (Lipinski definition) is 4. The number of aromatic nitrogens is 2. The molecule has 0 spiro atoms. The molecule has 2 aromatic rings. The second kappa shape index (κ2) is 9.62. The fourth-order valence-electron chi connectivity index (χ4n) is 4.49. The Morgan fingerprint density at radius 3 is 2.73 bits per heavy atom. The van der Waals surface area contributed by atoms with Gasteiger partial charge in [0, 0.05) is 37.5 Å². The molecule has 4 N–H and O–H groups in total. The molecule has 1 aromatic heterocycles. The van der Waals surface area contributed by atoms with Crippen molar-refractivity contribution in [1.29, 1.82) is 5.41 Å². The van der Waals surface area contributed by atoms with E-state index < -0.39 is 6.10 Å². The summed E-state index contributed by atoms with van der Waals surface area (Å²) in [6.07, 6.45) is 5.61. The Morgan fingerprint density at radius 2 is 2.03 bits per heavy atom. The first-order valence-corrected chi connectivity index (χ1v) is 11.8. The number of aliphatic hydroxyl groups is 1. The van der Waals surface area contributed by atoms with E-state index in [2.05, 4.69) is 15.5 Å². The van der Waals surface area contributed by atoms with Crippen molar-refractivity contribution < 1.29 is 14.6 Å². The van der Waals surface area contributed by atoms with Crippen LogP contribution in [0, 0.1) is 5.41 Å². The van der Waals surface area contributed by atoms with E-state index in [1.165, 1.54) is 6.21 Å². The Bertz CT molecular complexity index is 986. The normalized spacial score (nSPS) is 22.8. The van der Waals surface area contributed by atoms with Gasteiger partial charge >= 0.3 is 0 Å². The summed E-state index contributed by atoms with van der Waals surface area (Å²) in [4.78, 5) is 12.0. The molecule has 1 aromatic carbocycles. The lowest BCUT2D eigenvalue weighted by Crippen LogP contribution is -2.43. The highest BCUT2D eigenvalue weighted by atomic mass is 16.5. The molecule has 3 heterocycles. The smallest absolute Gasteiger partial charge is 0.164 e. The maximum atomic E-state index is 9.95. The number of morpholine rings is 1. The van der Waals surface area contributed by atoms with E-state index >= 15 is 0 Å². The van der Waals surface area contributed by atoms with Crippen LogP contribution in [0.3, 0.4) is 0 Å². The molecule has 3 atom stereocenters. The molecule has 33 heavy (non-hydrogen) atoms. The highest BCUT2D eigenvalue weighted by Crippen LogP contribution is 2.35. The Hall–Kier alpha value is -2.75. The van der Waals surface area contributed by atoms with Crippen molar-refractivity contribution in [1.82, 2.24) is 15.3 Å². The lowest BCUT2D eigenvalue weighted by atomic mass is 10.1. The van der Waals surface area contributed by atoms with Gasteiger partial charge in [0.25, 0.3) is 0 Å². The van der Waals surface area contributed by atoms with Crippen molar-refractivity contribution in [2.45, 2.75) is 50.0 Å². The summed E-state index contributed by atoms with van der Waals surface area (Å²) in [5.41, 5.74) is 1.57. The number of fused-ring (bicyclic) bond motifs is 2. The quantitative estimate of drug-likeness (QED) is 0.405. The molecule has 0 radical (unpaired) electrons. The van der Waals surface area contributed by atoms with E-state index in [-0.39, 0.29) is 18.8 Å². The number of hydrogen-bond acceptors (Lipinski definition) is 9. The number of nitrogens with one attached hydrogen (secondary N) is 3. The van der Waals surface area contributed by atoms with Gasteiger partial charge in [0.2, 0.25) is 0 Å². The van der Waals surface area contributed by atoms with Crippen LogP contribution in [0.4, 0.5) is 11.6 Å². The summed E-state index contributed by atoms with van der Waals surface area (Å²) >= 11 is 0. The molecule has 2 bridgehead atoms. The maximum absolute atomic E-state index is 9.95. The number of likely N-dealkylation sites (N-methyl/N-ethyl adjacent to an activating group) is 1. The van der Waals surface area contributed by atoms with Crippen LogP contribution in [0.15, 0.2) is 24.3 Å². The third kappa shape index (κ3) is 5.10. The zero-order valence-electron chi connectivity index (χ0n) is 19.0. The summed E-state index contributed by atoms with van der Waals surface area (Å²) in [6, 6.07) is 8.05. The van der Waals surface area contributed by atoms with Crippen molar-refractivity contribution in [2.75, 3.05) is 43.5 Å². The minimum Gasteiger partial charge on any atom is -0.491 e. The second-order valence-electron chi connectivity index (χ2n) is 9.11. The first-order valence-electron chi connectivity index (χ1n) is 11.8.